The van der Waals surface area contributed by atoms with Gasteiger partial charge in [-0.2, -0.15) is 0 Å². The van der Waals surface area contributed by atoms with Crippen molar-refractivity contribution in [3.63, 3.8) is 0 Å². The molecule has 0 saturated carbocycles. The van der Waals surface area contributed by atoms with Gasteiger partial charge in [0.05, 0.1) is 12.7 Å². The summed E-state index contributed by atoms with van der Waals surface area (Å²) in [6, 6.07) is 14.5. The van der Waals surface area contributed by atoms with Crippen LogP contribution in [0.5, 0.6) is 11.5 Å². The van der Waals surface area contributed by atoms with E-state index in [2.05, 4.69) is 6.58 Å². The predicted molar refractivity (Wildman–Crippen MR) is 99.2 cm³/mol. The van der Waals surface area contributed by atoms with Crippen LogP contribution < -0.4 is 9.47 Å². The zero-order valence-corrected chi connectivity index (χ0v) is 14.6. The Bertz CT molecular complexity index is 969. The minimum absolute atomic E-state index is 0.0631. The van der Waals surface area contributed by atoms with Gasteiger partial charge in [-0.3, -0.25) is 0 Å². The molecule has 0 radical (unpaired) electrons. The maximum absolute atomic E-state index is 14.5. The summed E-state index contributed by atoms with van der Waals surface area (Å²) in [5, 5.41) is 0. The molecule has 0 spiro atoms. The van der Waals surface area contributed by atoms with Crippen molar-refractivity contribution in [1.82, 2.24) is 0 Å². The fourth-order valence-corrected chi connectivity index (χ4v) is 2.77. The fraction of sp³-hybridized carbons (Fsp3) is 0.0909. The summed E-state index contributed by atoms with van der Waals surface area (Å²) < 4.78 is 53.0. The van der Waals surface area contributed by atoms with Crippen molar-refractivity contribution in [1.29, 1.82) is 0 Å². The standard InChI is InChI=1S/C22H17F3O2/c1-3-16-21(25)19(24)12-17(22(16)26-2)15-9-10-20(18(23)11-15)27-13-14-7-5-4-6-8-14/h3-12H,1,13H2,2H3. The first-order valence-electron chi connectivity index (χ1n) is 8.20. The van der Waals surface area contributed by atoms with E-state index in [1.54, 1.807) is 6.07 Å². The highest BCUT2D eigenvalue weighted by Crippen LogP contribution is 2.38. The summed E-state index contributed by atoms with van der Waals surface area (Å²) in [6.45, 7) is 3.69. The normalized spacial score (nSPS) is 10.5. The lowest BCUT2D eigenvalue weighted by Crippen LogP contribution is -2.00. The monoisotopic (exact) mass is 370 g/mol. The molecule has 0 amide bonds. The van der Waals surface area contributed by atoms with Gasteiger partial charge in [0.15, 0.2) is 23.2 Å². The summed E-state index contributed by atoms with van der Waals surface area (Å²) in [4.78, 5) is 0. The van der Waals surface area contributed by atoms with Gasteiger partial charge >= 0.3 is 0 Å². The average Bonchev–Trinajstić information content (AvgIpc) is 2.69. The molecule has 3 aromatic carbocycles. The van der Waals surface area contributed by atoms with E-state index in [0.717, 1.165) is 17.7 Å². The zero-order valence-electron chi connectivity index (χ0n) is 14.6. The summed E-state index contributed by atoms with van der Waals surface area (Å²) in [7, 11) is 1.33. The van der Waals surface area contributed by atoms with E-state index in [0.29, 0.717) is 5.56 Å². The Labute approximate surface area is 155 Å². The second-order valence-electron chi connectivity index (χ2n) is 5.79. The second-order valence-corrected chi connectivity index (χ2v) is 5.79. The maximum atomic E-state index is 14.5. The second kappa shape index (κ2) is 7.99. The highest BCUT2D eigenvalue weighted by atomic mass is 19.2. The van der Waals surface area contributed by atoms with Crippen molar-refractivity contribution >= 4 is 6.08 Å². The molecule has 0 aliphatic heterocycles. The SMILES string of the molecule is C=Cc1c(F)c(F)cc(-c2ccc(OCc3ccccc3)c(F)c2)c1OC. The van der Waals surface area contributed by atoms with E-state index < -0.39 is 17.5 Å². The van der Waals surface area contributed by atoms with Crippen LogP contribution in [0.25, 0.3) is 17.2 Å². The van der Waals surface area contributed by atoms with Crippen molar-refractivity contribution < 1.29 is 22.6 Å². The van der Waals surface area contributed by atoms with E-state index in [-0.39, 0.29) is 29.2 Å². The van der Waals surface area contributed by atoms with Gasteiger partial charge in [0.2, 0.25) is 0 Å². The number of benzene rings is 3. The van der Waals surface area contributed by atoms with Crippen molar-refractivity contribution in [3.05, 3.63) is 89.8 Å². The van der Waals surface area contributed by atoms with Crippen LogP contribution in [0, 0.1) is 17.5 Å². The number of hydrogen-bond donors (Lipinski definition) is 0. The molecule has 0 bridgehead atoms. The maximum Gasteiger partial charge on any atom is 0.169 e. The largest absolute Gasteiger partial charge is 0.495 e. The van der Waals surface area contributed by atoms with Crippen molar-refractivity contribution in [2.45, 2.75) is 6.61 Å². The molecule has 0 unspecified atom stereocenters. The predicted octanol–water partition coefficient (Wildman–Crippen LogP) is 6.00. The van der Waals surface area contributed by atoms with Crippen LogP contribution in [-0.4, -0.2) is 7.11 Å². The molecule has 0 aromatic heterocycles. The van der Waals surface area contributed by atoms with Crippen LogP contribution >= 0.6 is 0 Å². The molecule has 2 nitrogen and oxygen atoms in total. The first-order valence-corrected chi connectivity index (χ1v) is 8.20. The zero-order chi connectivity index (χ0) is 19.4. The van der Waals surface area contributed by atoms with Gasteiger partial charge in [0.25, 0.3) is 0 Å². The first-order chi connectivity index (χ1) is 13.0. The van der Waals surface area contributed by atoms with Gasteiger partial charge in [0.1, 0.15) is 12.4 Å². The minimum atomic E-state index is -1.06. The van der Waals surface area contributed by atoms with E-state index in [4.69, 9.17) is 9.47 Å². The van der Waals surface area contributed by atoms with Gasteiger partial charge in [-0.15, -0.1) is 0 Å². The molecule has 0 aliphatic rings. The molecule has 138 valence electrons. The van der Waals surface area contributed by atoms with Crippen molar-refractivity contribution in [3.8, 4) is 22.6 Å². The van der Waals surface area contributed by atoms with Gasteiger partial charge in [-0.1, -0.05) is 49.1 Å². The third-order valence-electron chi connectivity index (χ3n) is 4.09. The minimum Gasteiger partial charge on any atom is -0.495 e. The number of rotatable bonds is 6. The lowest BCUT2D eigenvalue weighted by Gasteiger charge is -2.14. The van der Waals surface area contributed by atoms with Crippen LogP contribution in [0.1, 0.15) is 11.1 Å². The molecule has 3 rings (SSSR count). The average molecular weight is 370 g/mol. The Kier molecular flexibility index (Phi) is 5.50. The van der Waals surface area contributed by atoms with Crippen LogP contribution in [0.15, 0.2) is 61.2 Å². The molecule has 3 aromatic rings. The van der Waals surface area contributed by atoms with Gasteiger partial charge in [0, 0.05) is 5.56 Å². The van der Waals surface area contributed by atoms with Gasteiger partial charge < -0.3 is 9.47 Å². The van der Waals surface area contributed by atoms with Crippen LogP contribution in [-0.2, 0) is 6.61 Å². The fourth-order valence-electron chi connectivity index (χ4n) is 2.77. The van der Waals surface area contributed by atoms with E-state index in [9.17, 15) is 13.2 Å². The third-order valence-corrected chi connectivity index (χ3v) is 4.09. The summed E-state index contributed by atoms with van der Waals surface area (Å²) in [6.07, 6.45) is 1.16. The number of hydrogen-bond acceptors (Lipinski definition) is 2. The van der Waals surface area contributed by atoms with Gasteiger partial charge in [-0.05, 0) is 29.3 Å². The number of halogens is 3. The molecule has 27 heavy (non-hydrogen) atoms. The Hall–Kier alpha value is -3.21. The van der Waals surface area contributed by atoms with E-state index in [1.807, 2.05) is 30.3 Å². The van der Waals surface area contributed by atoms with Crippen LogP contribution in [0.2, 0.25) is 0 Å². The molecular formula is C22H17F3O2. The van der Waals surface area contributed by atoms with E-state index >= 15 is 0 Å². The molecule has 0 aliphatic carbocycles. The molecule has 0 N–H and O–H groups in total. The lowest BCUT2D eigenvalue weighted by molar-refractivity contribution is 0.290. The highest BCUT2D eigenvalue weighted by Gasteiger charge is 2.19. The summed E-state index contributed by atoms with van der Waals surface area (Å²) in [5.74, 6) is -2.59. The van der Waals surface area contributed by atoms with Crippen LogP contribution in [0.4, 0.5) is 13.2 Å². The third kappa shape index (κ3) is 3.82. The van der Waals surface area contributed by atoms with E-state index in [1.165, 1.54) is 19.2 Å². The Balaban J connectivity index is 1.94. The Morgan fingerprint density at radius 3 is 2.33 bits per heavy atom. The quantitative estimate of drug-likeness (QED) is 0.530. The van der Waals surface area contributed by atoms with Crippen LogP contribution in [0.3, 0.4) is 0 Å². The Morgan fingerprint density at radius 2 is 1.70 bits per heavy atom. The number of methoxy groups -OCH3 is 1. The number of ether oxygens (including phenoxy) is 2. The van der Waals surface area contributed by atoms with Gasteiger partial charge in [-0.25, -0.2) is 13.2 Å². The molecule has 0 heterocycles. The molecular weight excluding hydrogens is 353 g/mol. The van der Waals surface area contributed by atoms with Crippen molar-refractivity contribution in [2.24, 2.45) is 0 Å². The molecule has 0 saturated heterocycles. The topological polar surface area (TPSA) is 18.5 Å². The highest BCUT2D eigenvalue weighted by molar-refractivity contribution is 5.77. The molecule has 5 heteroatoms. The smallest absolute Gasteiger partial charge is 0.169 e. The molecule has 0 atom stereocenters. The lowest BCUT2D eigenvalue weighted by atomic mass is 10.00. The van der Waals surface area contributed by atoms with Crippen molar-refractivity contribution in [2.75, 3.05) is 7.11 Å². The Morgan fingerprint density at radius 1 is 0.963 bits per heavy atom. The summed E-state index contributed by atoms with van der Waals surface area (Å²) >= 11 is 0. The summed E-state index contributed by atoms with van der Waals surface area (Å²) in [5.41, 5.74) is 1.34. The molecule has 0 fully saturated rings. The first kappa shape index (κ1) is 18.6.